The van der Waals surface area contributed by atoms with E-state index in [9.17, 15) is 13.2 Å². The first kappa shape index (κ1) is 19.4. The van der Waals surface area contributed by atoms with Gasteiger partial charge in [0.25, 0.3) is 0 Å². The molecule has 25 heavy (non-hydrogen) atoms. The summed E-state index contributed by atoms with van der Waals surface area (Å²) in [6, 6.07) is 15.3. The summed E-state index contributed by atoms with van der Waals surface area (Å²) in [5, 5.41) is 3.33. The van der Waals surface area contributed by atoms with Gasteiger partial charge in [0.15, 0.2) is 0 Å². The Labute approximate surface area is 153 Å². The summed E-state index contributed by atoms with van der Waals surface area (Å²) < 4.78 is 26.0. The summed E-state index contributed by atoms with van der Waals surface area (Å²) in [5.41, 5.74) is 0.988. The van der Waals surface area contributed by atoms with Crippen LogP contribution in [0, 0.1) is 0 Å². The normalized spacial score (nSPS) is 12.8. The fourth-order valence-electron chi connectivity index (χ4n) is 2.42. The van der Waals surface area contributed by atoms with Gasteiger partial charge in [-0.3, -0.25) is 4.79 Å². The number of benzene rings is 2. The number of halogens is 1. The SMILES string of the molecule is CC[C@H](NC(=O)CN(C)S(=O)(=O)c1ccc(Cl)cc1)c1ccccc1. The number of amides is 1. The van der Waals surface area contributed by atoms with Crippen molar-refractivity contribution in [2.45, 2.75) is 24.3 Å². The first-order chi connectivity index (χ1) is 11.8. The van der Waals surface area contributed by atoms with Crippen LogP contribution in [0.4, 0.5) is 0 Å². The lowest BCUT2D eigenvalue weighted by Gasteiger charge is -2.21. The van der Waals surface area contributed by atoms with Crippen LogP contribution < -0.4 is 5.32 Å². The van der Waals surface area contributed by atoms with Gasteiger partial charge in [0.05, 0.1) is 17.5 Å². The van der Waals surface area contributed by atoms with Gasteiger partial charge in [-0.1, -0.05) is 48.9 Å². The van der Waals surface area contributed by atoms with Crippen LogP contribution in [0.15, 0.2) is 59.5 Å². The van der Waals surface area contributed by atoms with Crippen LogP contribution in [0.3, 0.4) is 0 Å². The molecule has 2 aromatic carbocycles. The number of carbonyl (C=O) groups excluding carboxylic acids is 1. The molecule has 5 nitrogen and oxygen atoms in total. The number of sulfonamides is 1. The molecule has 0 aliphatic rings. The monoisotopic (exact) mass is 380 g/mol. The van der Waals surface area contributed by atoms with E-state index in [2.05, 4.69) is 5.32 Å². The van der Waals surface area contributed by atoms with Crippen molar-refractivity contribution in [2.24, 2.45) is 0 Å². The van der Waals surface area contributed by atoms with Gasteiger partial charge in [0, 0.05) is 12.1 Å². The molecule has 0 aliphatic heterocycles. The molecule has 0 saturated carbocycles. The predicted octanol–water partition coefficient (Wildman–Crippen LogP) is 3.23. The van der Waals surface area contributed by atoms with Crippen LogP contribution in [-0.4, -0.2) is 32.2 Å². The molecule has 2 aromatic rings. The zero-order chi connectivity index (χ0) is 18.4. The zero-order valence-electron chi connectivity index (χ0n) is 14.1. The number of nitrogens with one attached hydrogen (secondary N) is 1. The Balaban J connectivity index is 2.05. The molecule has 1 N–H and O–H groups in total. The van der Waals surface area contributed by atoms with Gasteiger partial charge < -0.3 is 5.32 Å². The zero-order valence-corrected chi connectivity index (χ0v) is 15.7. The van der Waals surface area contributed by atoms with Gasteiger partial charge in [-0.15, -0.1) is 0 Å². The average molecular weight is 381 g/mol. The molecule has 0 heterocycles. The van der Waals surface area contributed by atoms with E-state index in [-0.39, 0.29) is 23.4 Å². The van der Waals surface area contributed by atoms with Crippen molar-refractivity contribution in [3.63, 3.8) is 0 Å². The molecule has 134 valence electrons. The third kappa shape index (κ3) is 5.04. The van der Waals surface area contributed by atoms with Crippen molar-refractivity contribution in [3.8, 4) is 0 Å². The van der Waals surface area contributed by atoms with Gasteiger partial charge in [-0.05, 0) is 36.2 Å². The molecular formula is C18H21ClN2O3S. The van der Waals surface area contributed by atoms with E-state index in [1.807, 2.05) is 37.3 Å². The minimum absolute atomic E-state index is 0.0994. The average Bonchev–Trinajstić information content (AvgIpc) is 2.60. The van der Waals surface area contributed by atoms with E-state index < -0.39 is 10.0 Å². The Morgan fingerprint density at radius 3 is 2.28 bits per heavy atom. The van der Waals surface area contributed by atoms with Crippen LogP contribution in [0.5, 0.6) is 0 Å². The molecule has 0 unspecified atom stereocenters. The summed E-state index contributed by atoms with van der Waals surface area (Å²) in [6.45, 7) is 1.71. The van der Waals surface area contributed by atoms with Crippen LogP contribution >= 0.6 is 11.6 Å². The van der Waals surface area contributed by atoms with Gasteiger partial charge >= 0.3 is 0 Å². The lowest BCUT2D eigenvalue weighted by Crippen LogP contribution is -2.39. The summed E-state index contributed by atoms with van der Waals surface area (Å²) in [4.78, 5) is 12.4. The number of rotatable bonds is 7. The molecule has 0 aromatic heterocycles. The predicted molar refractivity (Wildman–Crippen MR) is 98.9 cm³/mol. The summed E-state index contributed by atoms with van der Waals surface area (Å²) >= 11 is 5.78. The van der Waals surface area contributed by atoms with Crippen LogP contribution in [-0.2, 0) is 14.8 Å². The Morgan fingerprint density at radius 1 is 1.12 bits per heavy atom. The molecule has 0 aliphatic carbocycles. The van der Waals surface area contributed by atoms with Crippen molar-refractivity contribution in [1.29, 1.82) is 0 Å². The summed E-state index contributed by atoms with van der Waals surface area (Å²) in [7, 11) is -2.36. The molecule has 0 fully saturated rings. The number of likely N-dealkylation sites (N-methyl/N-ethyl adjacent to an activating group) is 1. The lowest BCUT2D eigenvalue weighted by atomic mass is 10.0. The van der Waals surface area contributed by atoms with Crippen molar-refractivity contribution in [1.82, 2.24) is 9.62 Å². The van der Waals surface area contributed by atoms with Crippen LogP contribution in [0.25, 0.3) is 0 Å². The van der Waals surface area contributed by atoms with Crippen molar-refractivity contribution in [2.75, 3.05) is 13.6 Å². The van der Waals surface area contributed by atoms with E-state index in [0.717, 1.165) is 9.87 Å². The molecule has 0 bridgehead atoms. The Bertz CT molecular complexity index is 808. The van der Waals surface area contributed by atoms with Crippen LogP contribution in [0.2, 0.25) is 5.02 Å². The maximum Gasteiger partial charge on any atom is 0.243 e. The topological polar surface area (TPSA) is 66.5 Å². The highest BCUT2D eigenvalue weighted by molar-refractivity contribution is 7.89. The number of nitrogens with zero attached hydrogens (tertiary/aromatic N) is 1. The molecule has 2 rings (SSSR count). The highest BCUT2D eigenvalue weighted by Gasteiger charge is 2.23. The second-order valence-electron chi connectivity index (χ2n) is 5.65. The van der Waals surface area contributed by atoms with Crippen LogP contribution in [0.1, 0.15) is 24.9 Å². The third-order valence-electron chi connectivity index (χ3n) is 3.83. The van der Waals surface area contributed by atoms with E-state index in [1.54, 1.807) is 0 Å². The Morgan fingerprint density at radius 2 is 1.72 bits per heavy atom. The fourth-order valence-corrected chi connectivity index (χ4v) is 3.67. The largest absolute Gasteiger partial charge is 0.348 e. The summed E-state index contributed by atoms with van der Waals surface area (Å²) in [6.07, 6.45) is 0.712. The minimum Gasteiger partial charge on any atom is -0.348 e. The quantitative estimate of drug-likeness (QED) is 0.801. The minimum atomic E-state index is -3.74. The number of hydrogen-bond donors (Lipinski definition) is 1. The molecule has 1 amide bonds. The number of carbonyl (C=O) groups is 1. The van der Waals surface area contributed by atoms with Crippen molar-refractivity contribution < 1.29 is 13.2 Å². The van der Waals surface area contributed by atoms with Crippen molar-refractivity contribution in [3.05, 3.63) is 65.2 Å². The fraction of sp³-hybridized carbons (Fsp3) is 0.278. The lowest BCUT2D eigenvalue weighted by molar-refractivity contribution is -0.121. The molecule has 0 saturated heterocycles. The van der Waals surface area contributed by atoms with E-state index >= 15 is 0 Å². The van der Waals surface area contributed by atoms with Gasteiger partial charge in [-0.25, -0.2) is 8.42 Å². The summed E-state index contributed by atoms with van der Waals surface area (Å²) in [5.74, 6) is -0.351. The second kappa shape index (κ2) is 8.47. The van der Waals surface area contributed by atoms with E-state index in [4.69, 9.17) is 11.6 Å². The highest BCUT2D eigenvalue weighted by atomic mass is 35.5. The second-order valence-corrected chi connectivity index (χ2v) is 8.14. The first-order valence-electron chi connectivity index (χ1n) is 7.90. The van der Waals surface area contributed by atoms with Gasteiger partial charge in [-0.2, -0.15) is 4.31 Å². The van der Waals surface area contributed by atoms with Crippen molar-refractivity contribution >= 4 is 27.5 Å². The molecule has 7 heteroatoms. The first-order valence-corrected chi connectivity index (χ1v) is 9.72. The van der Waals surface area contributed by atoms with E-state index in [1.165, 1.54) is 31.3 Å². The molecule has 0 spiro atoms. The maximum atomic E-state index is 12.5. The maximum absolute atomic E-state index is 12.5. The Hall–Kier alpha value is -1.89. The molecule has 0 radical (unpaired) electrons. The van der Waals surface area contributed by atoms with Gasteiger partial charge in [0.1, 0.15) is 0 Å². The molecular weight excluding hydrogens is 360 g/mol. The molecule has 1 atom stereocenters. The number of hydrogen-bond acceptors (Lipinski definition) is 3. The van der Waals surface area contributed by atoms with E-state index in [0.29, 0.717) is 11.4 Å². The highest BCUT2D eigenvalue weighted by Crippen LogP contribution is 2.18. The standard InChI is InChI=1S/C18H21ClN2O3S/c1-3-17(14-7-5-4-6-8-14)20-18(22)13-21(2)25(23,24)16-11-9-15(19)10-12-16/h4-12,17H,3,13H2,1-2H3,(H,20,22)/t17-/m0/s1. The van der Waals surface area contributed by atoms with Gasteiger partial charge in [0.2, 0.25) is 15.9 Å². The Kier molecular flexibility index (Phi) is 6.58. The smallest absolute Gasteiger partial charge is 0.243 e. The third-order valence-corrected chi connectivity index (χ3v) is 5.90.